The van der Waals surface area contributed by atoms with E-state index in [1.54, 1.807) is 0 Å². The third kappa shape index (κ3) is 3.33. The Labute approximate surface area is 139 Å². The van der Waals surface area contributed by atoms with E-state index in [9.17, 15) is 9.90 Å². The van der Waals surface area contributed by atoms with Crippen molar-refractivity contribution in [2.45, 2.75) is 56.1 Å². The van der Waals surface area contributed by atoms with Crippen LogP contribution in [0.2, 0.25) is 0 Å². The lowest BCUT2D eigenvalue weighted by Gasteiger charge is -2.47. The highest BCUT2D eigenvalue weighted by atomic mass is 79.9. The van der Waals surface area contributed by atoms with Gasteiger partial charge in [0.15, 0.2) is 5.79 Å². The molecule has 1 spiro atoms. The summed E-state index contributed by atoms with van der Waals surface area (Å²) in [6, 6.07) is -0.0393. The third-order valence-electron chi connectivity index (χ3n) is 5.06. The van der Waals surface area contributed by atoms with E-state index in [1.807, 2.05) is 4.90 Å². The van der Waals surface area contributed by atoms with Crippen LogP contribution in [0.3, 0.4) is 0 Å². The zero-order chi connectivity index (χ0) is 15.6. The van der Waals surface area contributed by atoms with Gasteiger partial charge in [0.1, 0.15) is 0 Å². The number of nitrogens with one attached hydrogen (secondary N) is 1. The highest BCUT2D eigenvalue weighted by molar-refractivity contribution is 9.09. The monoisotopic (exact) mass is 376 g/mol. The molecule has 1 amide bonds. The molecule has 3 rings (SSSR count). The Balaban J connectivity index is 1.79. The van der Waals surface area contributed by atoms with E-state index in [4.69, 9.17) is 9.47 Å². The number of piperidine rings is 1. The van der Waals surface area contributed by atoms with Crippen molar-refractivity contribution < 1.29 is 19.4 Å². The minimum absolute atomic E-state index is 0.0472. The fraction of sp³-hybridized carbons (Fsp3) is 0.933. The van der Waals surface area contributed by atoms with Gasteiger partial charge in [-0.1, -0.05) is 15.9 Å². The molecule has 2 saturated heterocycles. The summed E-state index contributed by atoms with van der Waals surface area (Å²) in [6.07, 6.45) is 3.23. The molecule has 0 aromatic rings. The number of amides is 1. The summed E-state index contributed by atoms with van der Waals surface area (Å²) < 4.78 is 11.6. The van der Waals surface area contributed by atoms with Gasteiger partial charge in [0, 0.05) is 18.9 Å². The topological polar surface area (TPSA) is 71.0 Å². The van der Waals surface area contributed by atoms with Crippen LogP contribution < -0.4 is 5.32 Å². The van der Waals surface area contributed by atoms with Crippen molar-refractivity contribution in [3.63, 3.8) is 0 Å². The first-order valence-electron chi connectivity index (χ1n) is 8.19. The van der Waals surface area contributed by atoms with E-state index in [2.05, 4.69) is 21.2 Å². The molecule has 0 unspecified atom stereocenters. The molecule has 1 saturated carbocycles. The fourth-order valence-electron chi connectivity index (χ4n) is 3.97. The first-order valence-corrected chi connectivity index (χ1v) is 9.31. The number of hydrogen-bond donors (Lipinski definition) is 2. The predicted molar refractivity (Wildman–Crippen MR) is 84.8 cm³/mol. The number of halogens is 1. The van der Waals surface area contributed by atoms with Crippen molar-refractivity contribution in [3.8, 4) is 0 Å². The number of ether oxygens (including phenoxy) is 2. The molecule has 3 fully saturated rings. The molecular formula is C15H25BrN2O4. The Hall–Kier alpha value is -0.210. The molecule has 0 radical (unpaired) electrons. The van der Waals surface area contributed by atoms with Crippen LogP contribution in [0.15, 0.2) is 0 Å². The first-order chi connectivity index (χ1) is 10.7. The number of aliphatic hydroxyl groups is 1. The summed E-state index contributed by atoms with van der Waals surface area (Å²) >= 11 is 3.29. The fourth-order valence-corrected chi connectivity index (χ4v) is 4.26. The van der Waals surface area contributed by atoms with Crippen molar-refractivity contribution in [3.05, 3.63) is 0 Å². The number of alkyl halides is 1. The van der Waals surface area contributed by atoms with Crippen LogP contribution >= 0.6 is 15.9 Å². The lowest BCUT2D eigenvalue weighted by molar-refractivity contribution is -0.208. The Morgan fingerprint density at radius 1 is 1.27 bits per heavy atom. The molecule has 0 aromatic heterocycles. The van der Waals surface area contributed by atoms with E-state index in [1.165, 1.54) is 0 Å². The maximum atomic E-state index is 12.5. The van der Waals surface area contributed by atoms with E-state index in [0.717, 1.165) is 25.9 Å². The second kappa shape index (κ2) is 7.13. The molecule has 3 aliphatic rings. The summed E-state index contributed by atoms with van der Waals surface area (Å²) in [5.41, 5.74) is 0. The van der Waals surface area contributed by atoms with Gasteiger partial charge in [0.25, 0.3) is 0 Å². The Bertz CT molecular complexity index is 397. The second-order valence-electron chi connectivity index (χ2n) is 6.40. The predicted octanol–water partition coefficient (Wildman–Crippen LogP) is 0.618. The van der Waals surface area contributed by atoms with E-state index in [0.29, 0.717) is 32.5 Å². The zero-order valence-corrected chi connectivity index (χ0v) is 14.4. The average molecular weight is 377 g/mol. The number of carbonyl (C=O) groups excluding carboxylic acids is 1. The van der Waals surface area contributed by atoms with Gasteiger partial charge < -0.3 is 24.8 Å². The van der Waals surface area contributed by atoms with Gasteiger partial charge in [-0.15, -0.1) is 0 Å². The lowest BCUT2D eigenvalue weighted by atomic mass is 9.85. The standard InChI is InChI=1S/C15H25BrN2O4/c16-10-14(20)18(11-2-5-17-6-3-11)12-9-15(4-1-13(12)19)21-7-8-22-15/h11-13,17,19H,1-10H2/t12-,13-/m1/s1. The Morgan fingerprint density at radius 3 is 2.59 bits per heavy atom. The molecule has 0 bridgehead atoms. The minimum Gasteiger partial charge on any atom is -0.391 e. The molecule has 7 heteroatoms. The van der Waals surface area contributed by atoms with Gasteiger partial charge in [-0.2, -0.15) is 0 Å². The Morgan fingerprint density at radius 2 is 1.95 bits per heavy atom. The van der Waals surface area contributed by atoms with E-state index in [-0.39, 0.29) is 23.3 Å². The van der Waals surface area contributed by atoms with Crippen LogP contribution in [0.1, 0.15) is 32.1 Å². The lowest BCUT2D eigenvalue weighted by Crippen LogP contribution is -2.59. The quantitative estimate of drug-likeness (QED) is 0.706. The molecule has 2 heterocycles. The maximum Gasteiger partial charge on any atom is 0.233 e. The highest BCUT2D eigenvalue weighted by Crippen LogP contribution is 2.39. The molecular weight excluding hydrogens is 352 g/mol. The third-order valence-corrected chi connectivity index (χ3v) is 5.54. The number of rotatable bonds is 3. The first kappa shape index (κ1) is 16.6. The molecule has 126 valence electrons. The summed E-state index contributed by atoms with van der Waals surface area (Å²) in [5, 5.41) is 14.1. The number of nitrogens with zero attached hydrogens (tertiary/aromatic N) is 1. The summed E-state index contributed by atoms with van der Waals surface area (Å²) in [5.74, 6) is -0.548. The Kier molecular flexibility index (Phi) is 5.39. The minimum atomic E-state index is -0.596. The SMILES string of the molecule is O=C(CBr)N(C1CCNCC1)[C@@H]1CC2(CC[C@H]1O)OCCO2. The van der Waals surface area contributed by atoms with Gasteiger partial charge >= 0.3 is 0 Å². The van der Waals surface area contributed by atoms with Crippen molar-refractivity contribution in [1.29, 1.82) is 0 Å². The van der Waals surface area contributed by atoms with Gasteiger partial charge in [0.2, 0.25) is 5.91 Å². The van der Waals surface area contributed by atoms with Crippen LogP contribution in [0.4, 0.5) is 0 Å². The van der Waals surface area contributed by atoms with E-state index < -0.39 is 11.9 Å². The highest BCUT2D eigenvalue weighted by Gasteiger charge is 2.48. The molecule has 1 aliphatic carbocycles. The van der Waals surface area contributed by atoms with Gasteiger partial charge in [-0.25, -0.2) is 0 Å². The van der Waals surface area contributed by atoms with Crippen molar-refractivity contribution >= 4 is 21.8 Å². The average Bonchev–Trinajstić information content (AvgIpc) is 3.00. The smallest absolute Gasteiger partial charge is 0.233 e. The number of hydrogen-bond acceptors (Lipinski definition) is 5. The van der Waals surface area contributed by atoms with Crippen molar-refractivity contribution in [2.75, 3.05) is 31.6 Å². The van der Waals surface area contributed by atoms with Crippen molar-refractivity contribution in [1.82, 2.24) is 10.2 Å². The largest absolute Gasteiger partial charge is 0.391 e. The molecule has 2 N–H and O–H groups in total. The van der Waals surface area contributed by atoms with Crippen LogP contribution in [-0.2, 0) is 14.3 Å². The second-order valence-corrected chi connectivity index (χ2v) is 6.96. The van der Waals surface area contributed by atoms with Crippen LogP contribution in [0.5, 0.6) is 0 Å². The number of carbonyl (C=O) groups is 1. The molecule has 2 aliphatic heterocycles. The van der Waals surface area contributed by atoms with Crippen LogP contribution in [0, 0.1) is 0 Å². The summed E-state index contributed by atoms with van der Waals surface area (Å²) in [4.78, 5) is 14.4. The van der Waals surface area contributed by atoms with Crippen molar-refractivity contribution in [2.24, 2.45) is 0 Å². The normalized spacial score (nSPS) is 32.3. The van der Waals surface area contributed by atoms with Crippen LogP contribution in [-0.4, -0.2) is 71.5 Å². The molecule has 0 aromatic carbocycles. The maximum absolute atomic E-state index is 12.5. The summed E-state index contributed by atoms with van der Waals surface area (Å²) in [6.45, 7) is 3.03. The summed E-state index contributed by atoms with van der Waals surface area (Å²) in [7, 11) is 0. The zero-order valence-electron chi connectivity index (χ0n) is 12.8. The molecule has 2 atom stereocenters. The van der Waals surface area contributed by atoms with Gasteiger partial charge in [-0.05, 0) is 32.4 Å². The molecule has 22 heavy (non-hydrogen) atoms. The van der Waals surface area contributed by atoms with Crippen LogP contribution in [0.25, 0.3) is 0 Å². The van der Waals surface area contributed by atoms with E-state index >= 15 is 0 Å². The van der Waals surface area contributed by atoms with Gasteiger partial charge in [-0.3, -0.25) is 4.79 Å². The van der Waals surface area contributed by atoms with Gasteiger partial charge in [0.05, 0.1) is 30.7 Å². The molecule has 6 nitrogen and oxygen atoms in total. The number of aliphatic hydroxyl groups excluding tert-OH is 1.